The zero-order valence-corrected chi connectivity index (χ0v) is 16.7. The Morgan fingerprint density at radius 2 is 2.03 bits per heavy atom. The topological polar surface area (TPSA) is 78.1 Å². The maximum Gasteiger partial charge on any atom is 0.242 e. The molecule has 0 spiro atoms. The van der Waals surface area contributed by atoms with E-state index in [1.165, 1.54) is 0 Å². The van der Waals surface area contributed by atoms with E-state index in [2.05, 4.69) is 15.1 Å². The molecular formula is C22H22N6O2. The van der Waals surface area contributed by atoms with Gasteiger partial charge >= 0.3 is 0 Å². The van der Waals surface area contributed by atoms with Crippen LogP contribution in [0.15, 0.2) is 61.3 Å². The number of aromatic nitrogens is 5. The average Bonchev–Trinajstić information content (AvgIpc) is 3.40. The van der Waals surface area contributed by atoms with Crippen molar-refractivity contribution < 1.29 is 9.53 Å². The van der Waals surface area contributed by atoms with Crippen LogP contribution in [0.5, 0.6) is 0 Å². The van der Waals surface area contributed by atoms with E-state index in [0.717, 1.165) is 27.9 Å². The summed E-state index contributed by atoms with van der Waals surface area (Å²) in [6.45, 7) is 1.83. The van der Waals surface area contributed by atoms with Crippen LogP contribution in [0, 0.1) is 0 Å². The molecule has 0 bridgehead atoms. The summed E-state index contributed by atoms with van der Waals surface area (Å²) in [5.74, 6) is 0.0541. The lowest BCUT2D eigenvalue weighted by molar-refractivity contribution is -0.139. The molecular weight excluding hydrogens is 380 g/mol. The SMILES string of the molecule is Cn1cc(-c2ccc([C@H]3CN(C(=O)Cn4cnc5ccccc54)CCO3)nc2)cn1. The lowest BCUT2D eigenvalue weighted by Crippen LogP contribution is -2.43. The summed E-state index contributed by atoms with van der Waals surface area (Å²) in [5.41, 5.74) is 4.70. The number of carbonyl (C=O) groups is 1. The minimum absolute atomic E-state index is 0.0541. The first-order chi connectivity index (χ1) is 14.7. The third-order valence-electron chi connectivity index (χ3n) is 5.41. The van der Waals surface area contributed by atoms with Gasteiger partial charge in [0.05, 0.1) is 42.4 Å². The second kappa shape index (κ2) is 7.72. The summed E-state index contributed by atoms with van der Waals surface area (Å²) in [7, 11) is 1.89. The number of pyridine rings is 1. The normalized spacial score (nSPS) is 16.8. The van der Waals surface area contributed by atoms with Gasteiger partial charge < -0.3 is 14.2 Å². The Balaban J connectivity index is 1.28. The first-order valence-electron chi connectivity index (χ1n) is 9.91. The molecule has 1 aliphatic heterocycles. The molecule has 1 fully saturated rings. The molecule has 1 atom stereocenters. The molecule has 4 heterocycles. The van der Waals surface area contributed by atoms with E-state index in [0.29, 0.717) is 19.7 Å². The number of amides is 1. The molecule has 0 N–H and O–H groups in total. The lowest BCUT2D eigenvalue weighted by atomic mass is 10.1. The standard InChI is InChI=1S/C22H22N6O2/c1-26-12-17(11-25-26)16-6-7-19(23-10-16)21-13-27(8-9-30-21)22(29)14-28-15-24-18-4-2-3-5-20(18)28/h2-7,10-12,15,21H,8-9,13-14H2,1H3/t21-/m1/s1. The summed E-state index contributed by atoms with van der Waals surface area (Å²) in [5, 5.41) is 4.20. The number of ether oxygens (including phenoxy) is 1. The van der Waals surface area contributed by atoms with Crippen LogP contribution in [0.25, 0.3) is 22.2 Å². The molecule has 5 rings (SSSR count). The number of hydrogen-bond acceptors (Lipinski definition) is 5. The van der Waals surface area contributed by atoms with E-state index >= 15 is 0 Å². The fraction of sp³-hybridized carbons (Fsp3) is 0.273. The number of carbonyl (C=O) groups excluding carboxylic acids is 1. The number of hydrogen-bond donors (Lipinski definition) is 0. The molecule has 4 aromatic rings. The number of para-hydroxylation sites is 2. The van der Waals surface area contributed by atoms with Crippen LogP contribution in [-0.2, 0) is 23.1 Å². The Morgan fingerprint density at radius 1 is 1.13 bits per heavy atom. The number of fused-ring (bicyclic) bond motifs is 1. The predicted octanol–water partition coefficient (Wildman–Crippen LogP) is 2.43. The molecule has 8 nitrogen and oxygen atoms in total. The maximum absolute atomic E-state index is 12.9. The van der Waals surface area contributed by atoms with Gasteiger partial charge in [-0.15, -0.1) is 0 Å². The van der Waals surface area contributed by atoms with Crippen LogP contribution < -0.4 is 0 Å². The van der Waals surface area contributed by atoms with Crippen molar-refractivity contribution >= 4 is 16.9 Å². The van der Waals surface area contributed by atoms with Crippen molar-refractivity contribution in [2.24, 2.45) is 7.05 Å². The van der Waals surface area contributed by atoms with E-state index in [1.807, 2.05) is 71.5 Å². The monoisotopic (exact) mass is 402 g/mol. The van der Waals surface area contributed by atoms with Gasteiger partial charge in [0.25, 0.3) is 0 Å². The molecule has 152 valence electrons. The van der Waals surface area contributed by atoms with Gasteiger partial charge in [0.15, 0.2) is 0 Å². The number of benzene rings is 1. The molecule has 0 saturated carbocycles. The maximum atomic E-state index is 12.9. The number of rotatable bonds is 4. The Bertz CT molecular complexity index is 1180. The summed E-state index contributed by atoms with van der Waals surface area (Å²) in [6.07, 6.45) is 7.08. The molecule has 0 radical (unpaired) electrons. The summed E-state index contributed by atoms with van der Waals surface area (Å²) >= 11 is 0. The van der Waals surface area contributed by atoms with Crippen LogP contribution in [0.3, 0.4) is 0 Å². The van der Waals surface area contributed by atoms with Crippen LogP contribution >= 0.6 is 0 Å². The number of imidazole rings is 1. The van der Waals surface area contributed by atoms with E-state index in [9.17, 15) is 4.79 Å². The van der Waals surface area contributed by atoms with E-state index in [-0.39, 0.29) is 18.6 Å². The number of aryl methyl sites for hydroxylation is 1. The Labute approximate surface area is 173 Å². The largest absolute Gasteiger partial charge is 0.368 e. The van der Waals surface area contributed by atoms with E-state index in [1.54, 1.807) is 11.0 Å². The molecule has 1 aromatic carbocycles. The van der Waals surface area contributed by atoms with Crippen molar-refractivity contribution in [1.29, 1.82) is 0 Å². The zero-order valence-electron chi connectivity index (χ0n) is 16.7. The fourth-order valence-electron chi connectivity index (χ4n) is 3.77. The van der Waals surface area contributed by atoms with Gasteiger partial charge in [-0.2, -0.15) is 5.10 Å². The molecule has 1 aliphatic rings. The van der Waals surface area contributed by atoms with E-state index < -0.39 is 0 Å². The summed E-state index contributed by atoms with van der Waals surface area (Å²) < 4.78 is 9.56. The number of nitrogens with zero attached hydrogens (tertiary/aromatic N) is 6. The van der Waals surface area contributed by atoms with Crippen molar-refractivity contribution in [2.75, 3.05) is 19.7 Å². The minimum atomic E-state index is -0.231. The smallest absolute Gasteiger partial charge is 0.242 e. The van der Waals surface area contributed by atoms with Gasteiger partial charge in [-0.25, -0.2) is 4.98 Å². The highest BCUT2D eigenvalue weighted by atomic mass is 16.5. The third kappa shape index (κ3) is 3.57. The first kappa shape index (κ1) is 18.5. The van der Waals surface area contributed by atoms with Gasteiger partial charge in [0.2, 0.25) is 5.91 Å². The van der Waals surface area contributed by atoms with Crippen molar-refractivity contribution in [3.63, 3.8) is 0 Å². The van der Waals surface area contributed by atoms with Crippen molar-refractivity contribution in [3.8, 4) is 11.1 Å². The fourth-order valence-corrected chi connectivity index (χ4v) is 3.77. The predicted molar refractivity (Wildman–Crippen MR) is 111 cm³/mol. The molecule has 8 heteroatoms. The molecule has 0 unspecified atom stereocenters. The highest BCUT2D eigenvalue weighted by Gasteiger charge is 2.26. The minimum Gasteiger partial charge on any atom is -0.368 e. The molecule has 30 heavy (non-hydrogen) atoms. The van der Waals surface area contributed by atoms with Crippen LogP contribution in [0.1, 0.15) is 11.8 Å². The first-order valence-corrected chi connectivity index (χ1v) is 9.91. The van der Waals surface area contributed by atoms with Gasteiger partial charge in [-0.3, -0.25) is 14.5 Å². The molecule has 3 aromatic heterocycles. The Hall–Kier alpha value is -3.52. The van der Waals surface area contributed by atoms with Gasteiger partial charge in [0.1, 0.15) is 12.6 Å². The molecule has 1 amide bonds. The second-order valence-electron chi connectivity index (χ2n) is 7.43. The molecule has 0 aliphatic carbocycles. The van der Waals surface area contributed by atoms with Gasteiger partial charge in [-0.1, -0.05) is 18.2 Å². The zero-order chi connectivity index (χ0) is 20.5. The van der Waals surface area contributed by atoms with Gasteiger partial charge in [-0.05, 0) is 18.2 Å². The van der Waals surface area contributed by atoms with Crippen molar-refractivity contribution in [1.82, 2.24) is 29.2 Å². The quantitative estimate of drug-likeness (QED) is 0.524. The van der Waals surface area contributed by atoms with Crippen LogP contribution in [-0.4, -0.2) is 54.8 Å². The average molecular weight is 402 g/mol. The third-order valence-corrected chi connectivity index (χ3v) is 5.41. The number of morpholine rings is 1. The second-order valence-corrected chi connectivity index (χ2v) is 7.43. The summed E-state index contributed by atoms with van der Waals surface area (Å²) in [6, 6.07) is 11.8. The Morgan fingerprint density at radius 3 is 2.83 bits per heavy atom. The van der Waals surface area contributed by atoms with Crippen LogP contribution in [0.4, 0.5) is 0 Å². The summed E-state index contributed by atoms with van der Waals surface area (Å²) in [4.78, 5) is 23.7. The Kier molecular flexibility index (Phi) is 4.76. The highest BCUT2D eigenvalue weighted by molar-refractivity contribution is 5.80. The molecule has 1 saturated heterocycles. The van der Waals surface area contributed by atoms with E-state index in [4.69, 9.17) is 4.74 Å². The lowest BCUT2D eigenvalue weighted by Gasteiger charge is -2.32. The van der Waals surface area contributed by atoms with Crippen molar-refractivity contribution in [3.05, 3.63) is 67.0 Å². The van der Waals surface area contributed by atoms with Crippen molar-refractivity contribution in [2.45, 2.75) is 12.6 Å². The highest BCUT2D eigenvalue weighted by Crippen LogP contribution is 2.24. The van der Waals surface area contributed by atoms with Gasteiger partial charge in [0, 0.05) is 37.1 Å². The van der Waals surface area contributed by atoms with Crippen LogP contribution in [0.2, 0.25) is 0 Å².